The molecular formula is C23H33ClN4O2. The summed E-state index contributed by atoms with van der Waals surface area (Å²) in [5.41, 5.74) is 1.27. The van der Waals surface area contributed by atoms with Crippen LogP contribution >= 0.6 is 11.6 Å². The van der Waals surface area contributed by atoms with Crippen LogP contribution in [0, 0.1) is 5.92 Å². The van der Waals surface area contributed by atoms with E-state index in [1.54, 1.807) is 0 Å². The Labute approximate surface area is 184 Å². The number of amides is 3. The maximum atomic E-state index is 12.7. The molecule has 1 saturated carbocycles. The Hall–Kier alpha value is -1.79. The Morgan fingerprint density at radius 3 is 2.10 bits per heavy atom. The average molecular weight is 433 g/mol. The van der Waals surface area contributed by atoms with Crippen molar-refractivity contribution < 1.29 is 9.59 Å². The van der Waals surface area contributed by atoms with Crippen molar-refractivity contribution >= 4 is 23.5 Å². The molecule has 2 aliphatic heterocycles. The van der Waals surface area contributed by atoms with Gasteiger partial charge in [0.15, 0.2) is 0 Å². The number of nitrogens with zero attached hydrogens (tertiary/aromatic N) is 3. The largest absolute Gasteiger partial charge is 0.339 e. The van der Waals surface area contributed by atoms with Crippen LogP contribution in [0.2, 0.25) is 5.02 Å². The highest BCUT2D eigenvalue weighted by Gasteiger charge is 2.31. The predicted molar refractivity (Wildman–Crippen MR) is 118 cm³/mol. The molecule has 0 spiro atoms. The summed E-state index contributed by atoms with van der Waals surface area (Å²) in [5.74, 6) is 0.532. The van der Waals surface area contributed by atoms with E-state index in [2.05, 4.69) is 22.3 Å². The predicted octanol–water partition coefficient (Wildman–Crippen LogP) is 3.35. The minimum absolute atomic E-state index is 0.0270. The number of carbonyl (C=O) groups excluding carboxylic acids is 2. The Kier molecular flexibility index (Phi) is 7.16. The highest BCUT2D eigenvalue weighted by Crippen LogP contribution is 2.27. The number of hydrogen-bond acceptors (Lipinski definition) is 3. The van der Waals surface area contributed by atoms with E-state index in [0.717, 1.165) is 50.3 Å². The highest BCUT2D eigenvalue weighted by atomic mass is 35.5. The van der Waals surface area contributed by atoms with Crippen LogP contribution in [0.25, 0.3) is 0 Å². The lowest BCUT2D eigenvalue weighted by Crippen LogP contribution is -2.56. The SMILES string of the molecule is O=C(NC1CCN(Cc2ccc(Cl)cc2)CC1)N1CCN(C(=O)C2CCCC2)CC1. The number of likely N-dealkylation sites (tertiary alicyclic amines) is 1. The van der Waals surface area contributed by atoms with Crippen molar-refractivity contribution in [3.8, 4) is 0 Å². The van der Waals surface area contributed by atoms with E-state index in [1.807, 2.05) is 21.9 Å². The lowest BCUT2D eigenvalue weighted by atomic mass is 10.0. The Bertz CT molecular complexity index is 719. The van der Waals surface area contributed by atoms with Gasteiger partial charge in [-0.25, -0.2) is 4.79 Å². The minimum Gasteiger partial charge on any atom is -0.339 e. The molecule has 1 N–H and O–H groups in total. The Morgan fingerprint density at radius 2 is 1.47 bits per heavy atom. The van der Waals surface area contributed by atoms with Crippen LogP contribution in [-0.4, -0.2) is 71.9 Å². The molecule has 0 aromatic heterocycles. The van der Waals surface area contributed by atoms with Crippen LogP contribution in [0.3, 0.4) is 0 Å². The van der Waals surface area contributed by atoms with E-state index < -0.39 is 0 Å². The Morgan fingerprint density at radius 1 is 0.867 bits per heavy atom. The van der Waals surface area contributed by atoms with Gasteiger partial charge in [0, 0.05) is 62.8 Å². The monoisotopic (exact) mass is 432 g/mol. The molecule has 3 amide bonds. The molecule has 4 rings (SSSR count). The van der Waals surface area contributed by atoms with Gasteiger partial charge in [0.25, 0.3) is 0 Å². The fraction of sp³-hybridized carbons (Fsp3) is 0.652. The molecule has 7 heteroatoms. The first-order valence-electron chi connectivity index (χ1n) is 11.4. The summed E-state index contributed by atoms with van der Waals surface area (Å²) in [5, 5.41) is 3.99. The fourth-order valence-corrected chi connectivity index (χ4v) is 5.04. The smallest absolute Gasteiger partial charge is 0.317 e. The van der Waals surface area contributed by atoms with Gasteiger partial charge >= 0.3 is 6.03 Å². The lowest BCUT2D eigenvalue weighted by molar-refractivity contribution is -0.136. The van der Waals surface area contributed by atoms with Crippen molar-refractivity contribution in [2.24, 2.45) is 5.92 Å². The van der Waals surface area contributed by atoms with Crippen LogP contribution in [-0.2, 0) is 11.3 Å². The molecule has 1 aromatic carbocycles. The van der Waals surface area contributed by atoms with Gasteiger partial charge in [0.2, 0.25) is 5.91 Å². The average Bonchev–Trinajstić information content (AvgIpc) is 3.31. The van der Waals surface area contributed by atoms with Crippen molar-refractivity contribution in [3.05, 3.63) is 34.9 Å². The highest BCUT2D eigenvalue weighted by molar-refractivity contribution is 6.30. The first kappa shape index (κ1) is 21.4. The first-order chi connectivity index (χ1) is 14.6. The number of piperidine rings is 1. The van der Waals surface area contributed by atoms with Gasteiger partial charge in [0.05, 0.1) is 0 Å². The molecule has 164 valence electrons. The molecule has 30 heavy (non-hydrogen) atoms. The van der Waals surface area contributed by atoms with Crippen LogP contribution in [0.1, 0.15) is 44.1 Å². The van der Waals surface area contributed by atoms with Gasteiger partial charge in [-0.05, 0) is 43.4 Å². The molecule has 2 saturated heterocycles. The zero-order chi connectivity index (χ0) is 20.9. The fourth-order valence-electron chi connectivity index (χ4n) is 4.91. The summed E-state index contributed by atoms with van der Waals surface area (Å²) in [6.07, 6.45) is 6.38. The normalized spacial score (nSPS) is 21.8. The summed E-state index contributed by atoms with van der Waals surface area (Å²) in [6, 6.07) is 8.28. The second kappa shape index (κ2) is 10.0. The number of piperazine rings is 1. The summed E-state index contributed by atoms with van der Waals surface area (Å²) < 4.78 is 0. The first-order valence-corrected chi connectivity index (χ1v) is 11.8. The lowest BCUT2D eigenvalue weighted by Gasteiger charge is -2.38. The molecule has 0 unspecified atom stereocenters. The number of urea groups is 1. The van der Waals surface area contributed by atoms with E-state index in [-0.39, 0.29) is 18.0 Å². The van der Waals surface area contributed by atoms with Gasteiger partial charge in [0.1, 0.15) is 0 Å². The van der Waals surface area contributed by atoms with Crippen molar-refractivity contribution in [2.75, 3.05) is 39.3 Å². The number of halogens is 1. The zero-order valence-electron chi connectivity index (χ0n) is 17.7. The van der Waals surface area contributed by atoms with E-state index in [4.69, 9.17) is 11.6 Å². The maximum Gasteiger partial charge on any atom is 0.317 e. The maximum absolute atomic E-state index is 12.7. The summed E-state index contributed by atoms with van der Waals surface area (Å²) >= 11 is 5.96. The second-order valence-electron chi connectivity index (χ2n) is 8.92. The third kappa shape index (κ3) is 5.46. The van der Waals surface area contributed by atoms with Gasteiger partial charge in [-0.15, -0.1) is 0 Å². The van der Waals surface area contributed by atoms with Crippen molar-refractivity contribution in [1.29, 1.82) is 0 Å². The van der Waals surface area contributed by atoms with E-state index in [0.29, 0.717) is 32.1 Å². The molecule has 3 fully saturated rings. The van der Waals surface area contributed by atoms with Crippen molar-refractivity contribution in [3.63, 3.8) is 0 Å². The Balaban J connectivity index is 1.16. The molecule has 1 aliphatic carbocycles. The molecule has 1 aromatic rings. The molecular weight excluding hydrogens is 400 g/mol. The van der Waals surface area contributed by atoms with E-state index in [1.165, 1.54) is 18.4 Å². The number of benzene rings is 1. The van der Waals surface area contributed by atoms with Gasteiger partial charge < -0.3 is 15.1 Å². The second-order valence-corrected chi connectivity index (χ2v) is 9.36. The number of rotatable bonds is 4. The summed E-state index contributed by atoms with van der Waals surface area (Å²) in [4.78, 5) is 31.5. The molecule has 0 radical (unpaired) electrons. The van der Waals surface area contributed by atoms with Crippen molar-refractivity contribution in [2.45, 2.75) is 51.1 Å². The van der Waals surface area contributed by atoms with Crippen molar-refractivity contribution in [1.82, 2.24) is 20.0 Å². The van der Waals surface area contributed by atoms with Crippen LogP contribution in [0.5, 0.6) is 0 Å². The van der Waals surface area contributed by atoms with Crippen LogP contribution in [0.4, 0.5) is 4.79 Å². The van der Waals surface area contributed by atoms with Gasteiger partial charge in [-0.2, -0.15) is 0 Å². The number of carbonyl (C=O) groups is 2. The quantitative estimate of drug-likeness (QED) is 0.793. The van der Waals surface area contributed by atoms with Crippen LogP contribution in [0.15, 0.2) is 24.3 Å². The third-order valence-corrected chi connectivity index (χ3v) is 7.07. The number of hydrogen-bond donors (Lipinski definition) is 1. The summed E-state index contributed by atoms with van der Waals surface area (Å²) in [7, 11) is 0. The van der Waals surface area contributed by atoms with E-state index in [9.17, 15) is 9.59 Å². The van der Waals surface area contributed by atoms with Gasteiger partial charge in [-0.3, -0.25) is 9.69 Å². The van der Waals surface area contributed by atoms with E-state index >= 15 is 0 Å². The molecule has 0 atom stereocenters. The van der Waals surface area contributed by atoms with Crippen LogP contribution < -0.4 is 5.32 Å². The molecule has 3 aliphatic rings. The molecule has 6 nitrogen and oxygen atoms in total. The topological polar surface area (TPSA) is 55.9 Å². The third-order valence-electron chi connectivity index (χ3n) is 6.82. The molecule has 2 heterocycles. The van der Waals surface area contributed by atoms with Gasteiger partial charge in [-0.1, -0.05) is 36.6 Å². The number of nitrogens with one attached hydrogen (secondary N) is 1. The molecule has 0 bridgehead atoms. The summed E-state index contributed by atoms with van der Waals surface area (Å²) in [6.45, 7) is 5.51. The standard InChI is InChI=1S/C23H33ClN4O2/c24-20-7-5-18(6-8-20)17-26-11-9-21(10-12-26)25-23(30)28-15-13-27(14-16-28)22(29)19-3-1-2-4-19/h5-8,19,21H,1-4,9-17H2,(H,25,30). The minimum atomic E-state index is 0.0270. The zero-order valence-corrected chi connectivity index (χ0v) is 18.4.